The number of nitrogens with zero attached hydrogens (tertiary/aromatic N) is 1. The van der Waals surface area contributed by atoms with Gasteiger partial charge in [-0.3, -0.25) is 0 Å². The van der Waals surface area contributed by atoms with Crippen LogP contribution in [0.5, 0.6) is 0 Å². The zero-order chi connectivity index (χ0) is 12.0. The lowest BCUT2D eigenvalue weighted by molar-refractivity contribution is 0.146. The van der Waals surface area contributed by atoms with Crippen molar-refractivity contribution in [3.05, 3.63) is 29.0 Å². The molecule has 3 nitrogen and oxygen atoms in total. The van der Waals surface area contributed by atoms with E-state index in [9.17, 15) is 5.11 Å². The van der Waals surface area contributed by atoms with Crippen molar-refractivity contribution in [1.82, 2.24) is 10.3 Å². The van der Waals surface area contributed by atoms with Gasteiger partial charge in [-0.2, -0.15) is 0 Å². The van der Waals surface area contributed by atoms with Crippen LogP contribution < -0.4 is 5.32 Å². The van der Waals surface area contributed by atoms with Crippen molar-refractivity contribution in [2.45, 2.75) is 32.9 Å². The Morgan fingerprint density at radius 3 is 2.75 bits per heavy atom. The Kier molecular flexibility index (Phi) is 5.74. The standard InChI is InChI=1S/C12H19ClN2O/c1-9(2)5-11(16)8-14-6-10-3-4-12(13)15-7-10/h3-4,7,9,11,14,16H,5-6,8H2,1-2H3. The van der Waals surface area contributed by atoms with Crippen molar-refractivity contribution < 1.29 is 5.11 Å². The fourth-order valence-electron chi connectivity index (χ4n) is 1.52. The van der Waals surface area contributed by atoms with Crippen LogP contribution in [-0.2, 0) is 6.54 Å². The minimum Gasteiger partial charge on any atom is -0.392 e. The van der Waals surface area contributed by atoms with Gasteiger partial charge in [0.15, 0.2) is 0 Å². The monoisotopic (exact) mass is 242 g/mol. The normalized spacial score (nSPS) is 13.1. The highest BCUT2D eigenvalue weighted by Gasteiger charge is 2.05. The van der Waals surface area contributed by atoms with Crippen LogP contribution in [-0.4, -0.2) is 22.7 Å². The fourth-order valence-corrected chi connectivity index (χ4v) is 1.63. The molecule has 0 spiro atoms. The van der Waals surface area contributed by atoms with Crippen LogP contribution in [0.15, 0.2) is 18.3 Å². The van der Waals surface area contributed by atoms with Gasteiger partial charge in [-0.15, -0.1) is 0 Å². The molecule has 1 aromatic heterocycles. The third-order valence-corrected chi connectivity index (χ3v) is 2.46. The van der Waals surface area contributed by atoms with Crippen molar-refractivity contribution >= 4 is 11.6 Å². The number of halogens is 1. The molecule has 1 aromatic rings. The Hall–Kier alpha value is -0.640. The third kappa shape index (κ3) is 5.45. The number of hydrogen-bond donors (Lipinski definition) is 2. The number of aliphatic hydroxyl groups excluding tert-OH is 1. The summed E-state index contributed by atoms with van der Waals surface area (Å²) in [6, 6.07) is 3.69. The van der Waals surface area contributed by atoms with Gasteiger partial charge in [0, 0.05) is 19.3 Å². The van der Waals surface area contributed by atoms with Gasteiger partial charge in [-0.1, -0.05) is 31.5 Å². The number of hydrogen-bond acceptors (Lipinski definition) is 3. The molecule has 0 aliphatic rings. The van der Waals surface area contributed by atoms with Crippen LogP contribution in [0.2, 0.25) is 5.15 Å². The van der Waals surface area contributed by atoms with E-state index in [0.29, 0.717) is 24.2 Å². The molecule has 90 valence electrons. The second-order valence-electron chi connectivity index (χ2n) is 4.40. The summed E-state index contributed by atoms with van der Waals surface area (Å²) in [5.41, 5.74) is 1.07. The average Bonchev–Trinajstić information content (AvgIpc) is 2.20. The van der Waals surface area contributed by atoms with E-state index in [4.69, 9.17) is 11.6 Å². The highest BCUT2D eigenvalue weighted by molar-refractivity contribution is 6.29. The van der Waals surface area contributed by atoms with Gasteiger partial charge in [0.25, 0.3) is 0 Å². The molecule has 1 atom stereocenters. The van der Waals surface area contributed by atoms with E-state index in [1.165, 1.54) is 0 Å². The third-order valence-electron chi connectivity index (χ3n) is 2.24. The molecule has 0 bridgehead atoms. The fraction of sp³-hybridized carbons (Fsp3) is 0.583. The van der Waals surface area contributed by atoms with Crippen LogP contribution in [0.4, 0.5) is 0 Å². The maximum Gasteiger partial charge on any atom is 0.129 e. The number of pyridine rings is 1. The molecule has 0 saturated heterocycles. The Morgan fingerprint density at radius 2 is 2.19 bits per heavy atom. The Morgan fingerprint density at radius 1 is 1.44 bits per heavy atom. The van der Waals surface area contributed by atoms with E-state index in [-0.39, 0.29) is 6.10 Å². The van der Waals surface area contributed by atoms with Crippen molar-refractivity contribution in [2.75, 3.05) is 6.54 Å². The highest BCUT2D eigenvalue weighted by atomic mass is 35.5. The summed E-state index contributed by atoms with van der Waals surface area (Å²) in [7, 11) is 0. The molecule has 1 unspecified atom stereocenters. The molecule has 16 heavy (non-hydrogen) atoms. The Balaban J connectivity index is 2.22. The Labute approximate surface area is 102 Å². The molecule has 0 saturated carbocycles. The number of rotatable bonds is 6. The largest absolute Gasteiger partial charge is 0.392 e. The molecule has 4 heteroatoms. The first-order valence-corrected chi connectivity index (χ1v) is 5.95. The van der Waals surface area contributed by atoms with E-state index < -0.39 is 0 Å². The predicted molar refractivity (Wildman–Crippen MR) is 66.4 cm³/mol. The van der Waals surface area contributed by atoms with Crippen molar-refractivity contribution in [2.24, 2.45) is 5.92 Å². The summed E-state index contributed by atoms with van der Waals surface area (Å²) >= 11 is 5.68. The second-order valence-corrected chi connectivity index (χ2v) is 4.79. The van der Waals surface area contributed by atoms with Gasteiger partial charge in [0.2, 0.25) is 0 Å². The van der Waals surface area contributed by atoms with Gasteiger partial charge in [0.05, 0.1) is 6.10 Å². The maximum atomic E-state index is 9.64. The summed E-state index contributed by atoms with van der Waals surface area (Å²) in [6.45, 7) is 5.53. The SMILES string of the molecule is CC(C)CC(O)CNCc1ccc(Cl)nc1. The van der Waals surface area contributed by atoms with E-state index in [2.05, 4.69) is 24.1 Å². The molecular weight excluding hydrogens is 224 g/mol. The summed E-state index contributed by atoms with van der Waals surface area (Å²) in [5.74, 6) is 0.522. The van der Waals surface area contributed by atoms with E-state index in [1.807, 2.05) is 6.07 Å². The maximum absolute atomic E-state index is 9.64. The molecule has 1 heterocycles. The molecule has 2 N–H and O–H groups in total. The van der Waals surface area contributed by atoms with Crippen LogP contribution in [0.1, 0.15) is 25.8 Å². The lowest BCUT2D eigenvalue weighted by Gasteiger charge is -2.13. The Bertz CT molecular complexity index is 300. The van der Waals surface area contributed by atoms with Gasteiger partial charge in [-0.05, 0) is 24.0 Å². The summed E-state index contributed by atoms with van der Waals surface area (Å²) in [4.78, 5) is 3.99. The molecule has 0 amide bonds. The molecular formula is C12H19ClN2O. The first-order valence-electron chi connectivity index (χ1n) is 5.57. The molecule has 0 radical (unpaired) electrons. The average molecular weight is 243 g/mol. The van der Waals surface area contributed by atoms with Crippen LogP contribution in [0.3, 0.4) is 0 Å². The van der Waals surface area contributed by atoms with Crippen LogP contribution in [0.25, 0.3) is 0 Å². The van der Waals surface area contributed by atoms with Crippen molar-refractivity contribution in [3.63, 3.8) is 0 Å². The van der Waals surface area contributed by atoms with E-state index >= 15 is 0 Å². The lowest BCUT2D eigenvalue weighted by atomic mass is 10.1. The smallest absolute Gasteiger partial charge is 0.129 e. The highest BCUT2D eigenvalue weighted by Crippen LogP contribution is 2.06. The van der Waals surface area contributed by atoms with Crippen LogP contribution >= 0.6 is 11.6 Å². The van der Waals surface area contributed by atoms with E-state index in [0.717, 1.165) is 12.0 Å². The van der Waals surface area contributed by atoms with Gasteiger partial charge < -0.3 is 10.4 Å². The van der Waals surface area contributed by atoms with Gasteiger partial charge >= 0.3 is 0 Å². The predicted octanol–water partition coefficient (Wildman–Crippen LogP) is 2.23. The van der Waals surface area contributed by atoms with Crippen molar-refractivity contribution in [3.8, 4) is 0 Å². The summed E-state index contributed by atoms with van der Waals surface area (Å²) < 4.78 is 0. The van der Waals surface area contributed by atoms with Gasteiger partial charge in [-0.25, -0.2) is 4.98 Å². The van der Waals surface area contributed by atoms with Crippen LogP contribution in [0, 0.1) is 5.92 Å². The summed E-state index contributed by atoms with van der Waals surface area (Å²) in [5, 5.41) is 13.3. The molecule has 0 aliphatic carbocycles. The quantitative estimate of drug-likeness (QED) is 0.752. The molecule has 0 fully saturated rings. The molecule has 0 aromatic carbocycles. The molecule has 0 aliphatic heterocycles. The minimum absolute atomic E-state index is 0.278. The number of aliphatic hydroxyl groups is 1. The second kappa shape index (κ2) is 6.84. The topological polar surface area (TPSA) is 45.1 Å². The zero-order valence-corrected chi connectivity index (χ0v) is 10.5. The number of aromatic nitrogens is 1. The summed E-state index contributed by atoms with van der Waals surface area (Å²) in [6.07, 6.45) is 2.29. The van der Waals surface area contributed by atoms with E-state index in [1.54, 1.807) is 12.3 Å². The minimum atomic E-state index is -0.278. The number of nitrogens with one attached hydrogen (secondary N) is 1. The first-order chi connectivity index (χ1) is 7.58. The first kappa shape index (κ1) is 13.4. The molecule has 1 rings (SSSR count). The lowest BCUT2D eigenvalue weighted by Crippen LogP contribution is -2.27. The van der Waals surface area contributed by atoms with Crippen molar-refractivity contribution in [1.29, 1.82) is 0 Å². The zero-order valence-electron chi connectivity index (χ0n) is 9.78. The van der Waals surface area contributed by atoms with Gasteiger partial charge in [0.1, 0.15) is 5.15 Å².